The van der Waals surface area contributed by atoms with Gasteiger partial charge >= 0.3 is 5.97 Å². The zero-order valence-corrected chi connectivity index (χ0v) is 11.1. The van der Waals surface area contributed by atoms with E-state index in [0.717, 1.165) is 5.56 Å². The number of rotatable bonds is 4. The molecular weight excluding hydrogens is 289 g/mol. The summed E-state index contributed by atoms with van der Waals surface area (Å²) in [5, 5.41) is 9.19. The highest BCUT2D eigenvalue weighted by molar-refractivity contribution is 6.37. The summed E-state index contributed by atoms with van der Waals surface area (Å²) in [6.07, 6.45) is 3.32. The van der Waals surface area contributed by atoms with Gasteiger partial charge in [-0.1, -0.05) is 29.3 Å². The van der Waals surface area contributed by atoms with Gasteiger partial charge in [0, 0.05) is 18.0 Å². The normalized spacial score (nSPS) is 10.2. The molecule has 0 saturated heterocycles. The molecule has 4 nitrogen and oxygen atoms in total. The highest BCUT2D eigenvalue weighted by Crippen LogP contribution is 2.34. The Labute approximate surface area is 119 Å². The maximum atomic E-state index is 10.8. The standard InChI is InChI=1S/C13H9Cl2NO3/c14-10-4-9(13(17)18)5-11(15)12(10)19-7-8-2-1-3-16-6-8/h1-6H,7H2,(H,17,18). The lowest BCUT2D eigenvalue weighted by Crippen LogP contribution is -2.00. The SMILES string of the molecule is O=C(O)c1cc(Cl)c(OCc2cccnc2)c(Cl)c1. The van der Waals surface area contributed by atoms with Gasteiger partial charge in [-0.25, -0.2) is 4.79 Å². The molecule has 0 fully saturated rings. The maximum Gasteiger partial charge on any atom is 0.335 e. The fraction of sp³-hybridized carbons (Fsp3) is 0.0769. The molecule has 0 aliphatic rings. The molecule has 0 radical (unpaired) electrons. The van der Waals surface area contributed by atoms with Gasteiger partial charge in [-0.3, -0.25) is 4.98 Å². The van der Waals surface area contributed by atoms with Crippen molar-refractivity contribution in [2.75, 3.05) is 0 Å². The van der Waals surface area contributed by atoms with Crippen molar-refractivity contribution in [1.82, 2.24) is 4.98 Å². The summed E-state index contributed by atoms with van der Waals surface area (Å²) in [7, 11) is 0. The first-order chi connectivity index (χ1) is 9.08. The Morgan fingerprint density at radius 2 is 2.00 bits per heavy atom. The van der Waals surface area contributed by atoms with Crippen molar-refractivity contribution < 1.29 is 14.6 Å². The van der Waals surface area contributed by atoms with E-state index in [1.54, 1.807) is 18.5 Å². The number of hydrogen-bond donors (Lipinski definition) is 1. The predicted octanol–water partition coefficient (Wildman–Crippen LogP) is 3.67. The number of carbonyl (C=O) groups is 1. The average Bonchev–Trinajstić information content (AvgIpc) is 2.38. The predicted molar refractivity (Wildman–Crippen MR) is 72.0 cm³/mol. The van der Waals surface area contributed by atoms with Crippen molar-refractivity contribution >= 4 is 29.2 Å². The molecule has 2 aromatic rings. The molecule has 0 atom stereocenters. The number of halogens is 2. The van der Waals surface area contributed by atoms with Crippen molar-refractivity contribution in [3.05, 3.63) is 57.8 Å². The Hall–Kier alpha value is -1.78. The van der Waals surface area contributed by atoms with E-state index in [-0.39, 0.29) is 28.0 Å². The van der Waals surface area contributed by atoms with E-state index in [0.29, 0.717) is 0 Å². The molecule has 0 saturated carbocycles. The van der Waals surface area contributed by atoms with Gasteiger partial charge < -0.3 is 9.84 Å². The van der Waals surface area contributed by atoms with Gasteiger partial charge in [0.05, 0.1) is 15.6 Å². The van der Waals surface area contributed by atoms with Gasteiger partial charge in [0.2, 0.25) is 0 Å². The fourth-order valence-corrected chi connectivity index (χ4v) is 2.06. The average molecular weight is 298 g/mol. The van der Waals surface area contributed by atoms with E-state index in [2.05, 4.69) is 4.98 Å². The van der Waals surface area contributed by atoms with Crippen LogP contribution in [0, 0.1) is 0 Å². The highest BCUT2D eigenvalue weighted by Gasteiger charge is 2.13. The number of aromatic carboxylic acids is 1. The molecule has 19 heavy (non-hydrogen) atoms. The minimum atomic E-state index is -1.09. The van der Waals surface area contributed by atoms with Crippen molar-refractivity contribution in [3.63, 3.8) is 0 Å². The minimum absolute atomic E-state index is 0.0173. The quantitative estimate of drug-likeness (QED) is 0.935. The summed E-state index contributed by atoms with van der Waals surface area (Å²) in [5.41, 5.74) is 0.876. The Morgan fingerprint density at radius 1 is 1.32 bits per heavy atom. The van der Waals surface area contributed by atoms with E-state index < -0.39 is 5.97 Å². The van der Waals surface area contributed by atoms with Crippen LogP contribution in [0.4, 0.5) is 0 Å². The molecule has 0 unspecified atom stereocenters. The van der Waals surface area contributed by atoms with Crippen LogP contribution in [0.2, 0.25) is 10.0 Å². The second kappa shape index (κ2) is 5.91. The van der Waals surface area contributed by atoms with E-state index in [9.17, 15) is 4.79 Å². The first kappa shape index (κ1) is 13.6. The van der Waals surface area contributed by atoms with Crippen molar-refractivity contribution in [2.45, 2.75) is 6.61 Å². The molecule has 0 spiro atoms. The van der Waals surface area contributed by atoms with E-state index in [1.807, 2.05) is 6.07 Å². The van der Waals surface area contributed by atoms with Crippen LogP contribution in [0.3, 0.4) is 0 Å². The monoisotopic (exact) mass is 297 g/mol. The number of aromatic nitrogens is 1. The van der Waals surface area contributed by atoms with Crippen LogP contribution in [0.5, 0.6) is 5.75 Å². The molecule has 1 aromatic carbocycles. The van der Waals surface area contributed by atoms with Crippen molar-refractivity contribution in [3.8, 4) is 5.75 Å². The first-order valence-electron chi connectivity index (χ1n) is 5.32. The molecule has 0 bridgehead atoms. The smallest absolute Gasteiger partial charge is 0.335 e. The van der Waals surface area contributed by atoms with Crippen LogP contribution < -0.4 is 4.74 Å². The zero-order chi connectivity index (χ0) is 13.8. The Kier molecular flexibility index (Phi) is 4.24. The largest absolute Gasteiger partial charge is 0.486 e. The van der Waals surface area contributed by atoms with Crippen LogP contribution in [-0.4, -0.2) is 16.1 Å². The summed E-state index contributed by atoms with van der Waals surface area (Å²) < 4.78 is 5.49. The lowest BCUT2D eigenvalue weighted by Gasteiger charge is -2.10. The van der Waals surface area contributed by atoms with Gasteiger partial charge in [-0.05, 0) is 18.2 Å². The molecule has 1 N–H and O–H groups in total. The Balaban J connectivity index is 2.19. The van der Waals surface area contributed by atoms with Gasteiger partial charge in [0.1, 0.15) is 6.61 Å². The molecule has 1 heterocycles. The summed E-state index contributed by atoms with van der Waals surface area (Å²) in [4.78, 5) is 14.8. The zero-order valence-electron chi connectivity index (χ0n) is 9.64. The highest BCUT2D eigenvalue weighted by atomic mass is 35.5. The third-order valence-corrected chi connectivity index (χ3v) is 2.91. The number of ether oxygens (including phenoxy) is 1. The summed E-state index contributed by atoms with van der Waals surface area (Å²) in [6, 6.07) is 6.23. The number of benzene rings is 1. The fourth-order valence-electron chi connectivity index (χ4n) is 1.46. The van der Waals surface area contributed by atoms with Crippen molar-refractivity contribution in [1.29, 1.82) is 0 Å². The number of carboxylic acid groups (broad SMARTS) is 1. The van der Waals surface area contributed by atoms with Gasteiger partial charge in [0.25, 0.3) is 0 Å². The van der Waals surface area contributed by atoms with Crippen molar-refractivity contribution in [2.24, 2.45) is 0 Å². The number of nitrogens with zero attached hydrogens (tertiary/aromatic N) is 1. The Morgan fingerprint density at radius 3 is 2.53 bits per heavy atom. The molecule has 0 aliphatic carbocycles. The molecule has 2 rings (SSSR count). The number of hydrogen-bond acceptors (Lipinski definition) is 3. The molecule has 98 valence electrons. The van der Waals surface area contributed by atoms with Gasteiger partial charge in [-0.2, -0.15) is 0 Å². The second-order valence-corrected chi connectivity index (χ2v) is 4.54. The van der Waals surface area contributed by atoms with E-state index in [1.165, 1.54) is 12.1 Å². The van der Waals surface area contributed by atoms with Gasteiger partial charge in [0.15, 0.2) is 5.75 Å². The van der Waals surface area contributed by atoms with Crippen LogP contribution in [0.25, 0.3) is 0 Å². The molecule has 6 heteroatoms. The lowest BCUT2D eigenvalue weighted by molar-refractivity contribution is 0.0697. The number of carboxylic acids is 1. The first-order valence-corrected chi connectivity index (χ1v) is 6.07. The van der Waals surface area contributed by atoms with Crippen LogP contribution in [0.1, 0.15) is 15.9 Å². The lowest BCUT2D eigenvalue weighted by atomic mass is 10.2. The van der Waals surface area contributed by atoms with E-state index >= 15 is 0 Å². The molecule has 0 amide bonds. The summed E-state index contributed by atoms with van der Waals surface area (Å²) in [6.45, 7) is 0.250. The molecule has 1 aromatic heterocycles. The number of pyridine rings is 1. The van der Waals surface area contributed by atoms with Crippen LogP contribution in [-0.2, 0) is 6.61 Å². The third kappa shape index (κ3) is 3.36. The third-order valence-electron chi connectivity index (χ3n) is 2.35. The van der Waals surface area contributed by atoms with Crippen LogP contribution in [0.15, 0.2) is 36.7 Å². The Bertz CT molecular complexity index is 579. The topological polar surface area (TPSA) is 59.4 Å². The summed E-state index contributed by atoms with van der Waals surface area (Å²) >= 11 is 11.9. The maximum absolute atomic E-state index is 10.8. The van der Waals surface area contributed by atoms with Crippen LogP contribution >= 0.6 is 23.2 Å². The molecule has 0 aliphatic heterocycles. The van der Waals surface area contributed by atoms with E-state index in [4.69, 9.17) is 33.0 Å². The van der Waals surface area contributed by atoms with Gasteiger partial charge in [-0.15, -0.1) is 0 Å². The molecular formula is C13H9Cl2NO3. The summed E-state index contributed by atoms with van der Waals surface area (Å²) in [5.74, 6) is -0.834. The second-order valence-electron chi connectivity index (χ2n) is 3.72. The minimum Gasteiger partial charge on any atom is -0.486 e.